The molecule has 0 unspecified atom stereocenters. The Morgan fingerprint density at radius 1 is 0.733 bits per heavy atom. The Balaban J connectivity index is 0.953. The number of hydrogen-bond donors (Lipinski definition) is 4. The molecule has 2 fully saturated rings. The third-order valence-corrected chi connectivity index (χ3v) is 12.3. The SMILES string of the molecule is COC(=O)N[C@H](C(=O)N1CCC[C@H]1c1ncc(-c2ccc(-c3nc4cc(-c5cnc([C@@H]6CCCN6C(=O)[C@H](NC(=O)OC)c6ccccc6)[nH]5)ccc4s3)cc2)[nH]1)C(C)C. The van der Waals surface area contributed by atoms with Crippen molar-refractivity contribution in [1.29, 1.82) is 0 Å². The quantitative estimate of drug-likeness (QED) is 0.102. The number of aromatic nitrogens is 5. The third-order valence-electron chi connectivity index (χ3n) is 11.3. The normalized spacial score (nSPS) is 17.5. The molecule has 310 valence electrons. The van der Waals surface area contributed by atoms with Gasteiger partial charge in [0.05, 0.1) is 60.3 Å². The highest BCUT2D eigenvalue weighted by Crippen LogP contribution is 2.37. The number of thiazole rings is 1. The summed E-state index contributed by atoms with van der Waals surface area (Å²) in [6, 6.07) is 21.4. The van der Waals surface area contributed by atoms with Crippen LogP contribution in [0.5, 0.6) is 0 Å². The van der Waals surface area contributed by atoms with Gasteiger partial charge in [-0.2, -0.15) is 0 Å². The number of likely N-dealkylation sites (tertiary alicyclic amines) is 2. The van der Waals surface area contributed by atoms with E-state index < -0.39 is 24.3 Å². The van der Waals surface area contributed by atoms with Gasteiger partial charge in [0.25, 0.3) is 5.91 Å². The summed E-state index contributed by atoms with van der Waals surface area (Å²) in [5.74, 6) is 0.920. The Morgan fingerprint density at radius 3 is 1.92 bits per heavy atom. The zero-order valence-electron chi connectivity index (χ0n) is 33.8. The van der Waals surface area contributed by atoms with Gasteiger partial charge in [0.2, 0.25) is 5.91 Å². The molecule has 4 N–H and O–H groups in total. The lowest BCUT2D eigenvalue weighted by atomic mass is 10.0. The summed E-state index contributed by atoms with van der Waals surface area (Å²) < 4.78 is 10.6. The molecule has 60 heavy (non-hydrogen) atoms. The highest BCUT2D eigenvalue weighted by molar-refractivity contribution is 7.21. The number of ether oxygens (including phenoxy) is 2. The predicted molar refractivity (Wildman–Crippen MR) is 226 cm³/mol. The van der Waals surface area contributed by atoms with Crippen LogP contribution in [0, 0.1) is 5.92 Å². The van der Waals surface area contributed by atoms with Crippen molar-refractivity contribution in [2.75, 3.05) is 27.3 Å². The summed E-state index contributed by atoms with van der Waals surface area (Å²) in [6.07, 6.45) is 5.44. The van der Waals surface area contributed by atoms with E-state index in [9.17, 15) is 19.2 Å². The van der Waals surface area contributed by atoms with Crippen LogP contribution in [0.4, 0.5) is 9.59 Å². The van der Waals surface area contributed by atoms with Crippen molar-refractivity contribution < 1.29 is 28.7 Å². The summed E-state index contributed by atoms with van der Waals surface area (Å²) in [4.78, 5) is 76.6. The van der Waals surface area contributed by atoms with Crippen LogP contribution in [0.3, 0.4) is 0 Å². The fourth-order valence-corrected chi connectivity index (χ4v) is 9.05. The van der Waals surface area contributed by atoms with E-state index in [1.807, 2.05) is 80.6 Å². The lowest BCUT2D eigenvalue weighted by Gasteiger charge is -2.30. The lowest BCUT2D eigenvalue weighted by molar-refractivity contribution is -0.135. The van der Waals surface area contributed by atoms with Gasteiger partial charge in [-0.05, 0) is 54.9 Å². The second kappa shape index (κ2) is 17.4. The smallest absolute Gasteiger partial charge is 0.407 e. The minimum atomic E-state index is -0.890. The topological polar surface area (TPSA) is 188 Å². The second-order valence-corrected chi connectivity index (χ2v) is 16.4. The Labute approximate surface area is 350 Å². The van der Waals surface area contributed by atoms with Crippen molar-refractivity contribution >= 4 is 45.6 Å². The van der Waals surface area contributed by atoms with Crippen LogP contribution < -0.4 is 10.6 Å². The average molecular weight is 830 g/mol. The van der Waals surface area contributed by atoms with Crippen LogP contribution in [-0.2, 0) is 19.1 Å². The number of alkyl carbamates (subject to hydrolysis) is 2. The van der Waals surface area contributed by atoms with Crippen molar-refractivity contribution in [3.8, 4) is 33.1 Å². The van der Waals surface area contributed by atoms with E-state index in [0.717, 1.165) is 69.0 Å². The van der Waals surface area contributed by atoms with Crippen molar-refractivity contribution in [1.82, 2.24) is 45.4 Å². The van der Waals surface area contributed by atoms with Gasteiger partial charge in [0.1, 0.15) is 28.7 Å². The number of carbonyl (C=O) groups excluding carboxylic acids is 4. The number of methoxy groups -OCH3 is 2. The molecule has 16 heteroatoms. The highest BCUT2D eigenvalue weighted by atomic mass is 32.1. The minimum Gasteiger partial charge on any atom is -0.453 e. The van der Waals surface area contributed by atoms with E-state index in [0.29, 0.717) is 30.3 Å². The van der Waals surface area contributed by atoms with E-state index in [4.69, 9.17) is 19.4 Å². The number of nitrogens with zero attached hydrogens (tertiary/aromatic N) is 5. The van der Waals surface area contributed by atoms with Gasteiger partial charge in [-0.3, -0.25) is 9.59 Å². The zero-order valence-corrected chi connectivity index (χ0v) is 34.6. The van der Waals surface area contributed by atoms with Gasteiger partial charge in [0.15, 0.2) is 0 Å². The first-order chi connectivity index (χ1) is 29.1. The molecule has 5 heterocycles. The van der Waals surface area contributed by atoms with Crippen LogP contribution in [0.1, 0.15) is 74.9 Å². The molecule has 2 aliphatic heterocycles. The highest BCUT2D eigenvalue weighted by Gasteiger charge is 2.39. The number of aromatic amines is 2. The summed E-state index contributed by atoms with van der Waals surface area (Å²) in [6.45, 7) is 4.93. The Bertz CT molecular complexity index is 2500. The van der Waals surface area contributed by atoms with Gasteiger partial charge >= 0.3 is 12.2 Å². The molecule has 8 rings (SSSR count). The van der Waals surface area contributed by atoms with Crippen LogP contribution in [-0.4, -0.2) is 92.1 Å². The van der Waals surface area contributed by atoms with E-state index in [2.05, 4.69) is 31.7 Å². The molecule has 0 saturated carbocycles. The molecule has 3 aromatic heterocycles. The molecule has 2 saturated heterocycles. The summed E-state index contributed by atoms with van der Waals surface area (Å²) in [7, 11) is 2.57. The Hall–Kier alpha value is -6.55. The molecular weight excluding hydrogens is 783 g/mol. The van der Waals surface area contributed by atoms with Crippen LogP contribution in [0.2, 0.25) is 0 Å². The van der Waals surface area contributed by atoms with Gasteiger partial charge in [-0.25, -0.2) is 24.5 Å². The molecule has 0 bridgehead atoms. The molecular formula is C44H47N9O6S. The van der Waals surface area contributed by atoms with Crippen LogP contribution >= 0.6 is 11.3 Å². The van der Waals surface area contributed by atoms with Gasteiger partial charge < -0.3 is 39.9 Å². The lowest BCUT2D eigenvalue weighted by Crippen LogP contribution is -2.51. The van der Waals surface area contributed by atoms with Crippen molar-refractivity contribution in [3.63, 3.8) is 0 Å². The number of fused-ring (bicyclic) bond motifs is 1. The first-order valence-electron chi connectivity index (χ1n) is 20.1. The number of carbonyl (C=O) groups is 4. The maximum Gasteiger partial charge on any atom is 0.407 e. The van der Waals surface area contributed by atoms with Crippen molar-refractivity contribution in [3.05, 3.63) is 102 Å². The van der Waals surface area contributed by atoms with Crippen LogP contribution in [0.25, 0.3) is 43.3 Å². The molecule has 3 aromatic carbocycles. The van der Waals surface area contributed by atoms with Crippen LogP contribution in [0.15, 0.2) is 85.2 Å². The number of rotatable bonds is 11. The second-order valence-electron chi connectivity index (χ2n) is 15.4. The molecule has 4 atom stereocenters. The molecule has 0 aliphatic carbocycles. The maximum atomic E-state index is 13.9. The van der Waals surface area contributed by atoms with E-state index >= 15 is 0 Å². The fraction of sp³-hybridized carbons (Fsp3) is 0.341. The molecule has 6 aromatic rings. The average Bonchev–Trinajstić information content (AvgIpc) is 4.13. The number of hydrogen-bond acceptors (Lipinski definition) is 10. The van der Waals surface area contributed by atoms with E-state index in [1.54, 1.807) is 33.5 Å². The first-order valence-corrected chi connectivity index (χ1v) is 20.9. The Kier molecular flexibility index (Phi) is 11.6. The Morgan fingerprint density at radius 2 is 1.30 bits per heavy atom. The summed E-state index contributed by atoms with van der Waals surface area (Å²) >= 11 is 1.61. The third kappa shape index (κ3) is 8.19. The number of benzene rings is 3. The number of imidazole rings is 2. The van der Waals surface area contributed by atoms with Gasteiger partial charge in [-0.15, -0.1) is 11.3 Å². The fourth-order valence-electron chi connectivity index (χ4n) is 8.10. The van der Waals surface area contributed by atoms with Crippen molar-refractivity contribution in [2.45, 2.75) is 63.7 Å². The molecule has 0 radical (unpaired) electrons. The van der Waals surface area contributed by atoms with Crippen molar-refractivity contribution in [2.24, 2.45) is 5.92 Å². The number of H-pyrrole nitrogens is 2. The van der Waals surface area contributed by atoms with Gasteiger partial charge in [-0.1, -0.05) is 74.5 Å². The van der Waals surface area contributed by atoms with Gasteiger partial charge in [0, 0.05) is 24.2 Å². The number of nitrogens with one attached hydrogen (secondary N) is 4. The summed E-state index contributed by atoms with van der Waals surface area (Å²) in [5, 5.41) is 6.30. The molecule has 2 aliphatic rings. The predicted octanol–water partition coefficient (Wildman–Crippen LogP) is 7.55. The van der Waals surface area contributed by atoms with E-state index in [1.165, 1.54) is 14.2 Å². The standard InChI is InChI=1S/C44H47N9O6S/c1-25(2)36(50-43(56)58-3)41(54)52-20-8-12-33(52)38-45-23-31(47-38)26-14-16-28(17-15-26)40-49-30-22-29(18-19-35(30)60-40)32-24-46-39(48-32)34-13-9-21-53(34)42(55)37(51-44(57)59-4)27-10-6-5-7-11-27/h5-7,10-11,14-19,22-25,33-34,36-37H,8-9,12-13,20-21H2,1-4H3,(H,45,47)(H,46,48)(H,50,56)(H,51,57)/t33-,34-,36-,37+/m0/s1. The van der Waals surface area contributed by atoms with E-state index in [-0.39, 0.29) is 29.8 Å². The first kappa shape index (κ1) is 40.2. The molecule has 0 spiro atoms. The monoisotopic (exact) mass is 829 g/mol. The zero-order chi connectivity index (χ0) is 41.9. The molecule has 4 amide bonds. The largest absolute Gasteiger partial charge is 0.453 e. The summed E-state index contributed by atoms with van der Waals surface area (Å²) in [5.41, 5.74) is 6.06. The number of amides is 4. The minimum absolute atomic E-state index is 0.112. The maximum absolute atomic E-state index is 13.9. The molecule has 15 nitrogen and oxygen atoms in total.